The van der Waals surface area contributed by atoms with Crippen LogP contribution >= 0.6 is 11.3 Å². The minimum absolute atomic E-state index is 0.150. The molecule has 1 unspecified atom stereocenters. The van der Waals surface area contributed by atoms with Crippen molar-refractivity contribution in [2.24, 2.45) is 0 Å². The third kappa shape index (κ3) is 2.88. The summed E-state index contributed by atoms with van der Waals surface area (Å²) < 4.78 is 5.11. The van der Waals surface area contributed by atoms with Crippen LogP contribution in [0.1, 0.15) is 0 Å². The highest BCUT2D eigenvalue weighted by Gasteiger charge is 2.02. The van der Waals surface area contributed by atoms with Gasteiger partial charge in [-0.2, -0.15) is 0 Å². The lowest BCUT2D eigenvalue weighted by Crippen LogP contribution is -2.20. The number of ether oxygens (including phenoxy) is 1. The number of aliphatic hydroxyl groups excluding tert-OH is 2. The van der Waals surface area contributed by atoms with Gasteiger partial charge in [0.25, 0.3) is 0 Å². The summed E-state index contributed by atoms with van der Waals surface area (Å²) in [6.07, 6.45) is -0.780. The third-order valence-electron chi connectivity index (χ3n) is 1.12. The summed E-state index contributed by atoms with van der Waals surface area (Å²) in [4.78, 5) is 0. The van der Waals surface area contributed by atoms with Crippen molar-refractivity contribution < 1.29 is 14.9 Å². The van der Waals surface area contributed by atoms with E-state index in [1.807, 2.05) is 17.5 Å². The summed E-state index contributed by atoms with van der Waals surface area (Å²) >= 11 is 1.46. The largest absolute Gasteiger partial charge is 0.481 e. The smallest absolute Gasteiger partial charge is 0.173 e. The Kier molecular flexibility index (Phi) is 3.35. The van der Waals surface area contributed by atoms with Gasteiger partial charge >= 0.3 is 0 Å². The molecule has 0 fully saturated rings. The van der Waals surface area contributed by atoms with Gasteiger partial charge in [0.05, 0.1) is 6.61 Å². The van der Waals surface area contributed by atoms with Crippen molar-refractivity contribution in [2.45, 2.75) is 6.10 Å². The van der Waals surface area contributed by atoms with E-state index in [4.69, 9.17) is 14.9 Å². The molecule has 0 amide bonds. The third-order valence-corrected chi connectivity index (χ3v) is 1.90. The summed E-state index contributed by atoms with van der Waals surface area (Å²) in [5.41, 5.74) is 0. The Morgan fingerprint density at radius 3 is 3.00 bits per heavy atom. The maximum absolute atomic E-state index is 8.89. The van der Waals surface area contributed by atoms with Gasteiger partial charge in [-0.15, -0.1) is 11.3 Å². The highest BCUT2D eigenvalue weighted by molar-refractivity contribution is 7.11. The van der Waals surface area contributed by atoms with Crippen LogP contribution in [0.5, 0.6) is 5.06 Å². The van der Waals surface area contributed by atoms with Gasteiger partial charge in [-0.05, 0) is 17.5 Å². The van der Waals surface area contributed by atoms with Crippen molar-refractivity contribution in [3.8, 4) is 5.06 Å². The fraction of sp³-hybridized carbons (Fsp3) is 0.429. The average Bonchev–Trinajstić information content (AvgIpc) is 2.52. The Labute approximate surface area is 68.9 Å². The molecule has 0 saturated carbocycles. The second-order valence-corrected chi connectivity index (χ2v) is 2.99. The lowest BCUT2D eigenvalue weighted by Gasteiger charge is -2.06. The van der Waals surface area contributed by atoms with Crippen molar-refractivity contribution in [3.05, 3.63) is 17.5 Å². The molecule has 1 rings (SSSR count). The highest BCUT2D eigenvalue weighted by atomic mass is 32.1. The fourth-order valence-corrected chi connectivity index (χ4v) is 1.16. The molecule has 1 atom stereocenters. The van der Waals surface area contributed by atoms with Crippen molar-refractivity contribution in [3.63, 3.8) is 0 Å². The Bertz CT molecular complexity index is 186. The van der Waals surface area contributed by atoms with Crippen molar-refractivity contribution >= 4 is 11.3 Å². The van der Waals surface area contributed by atoms with E-state index in [-0.39, 0.29) is 13.2 Å². The van der Waals surface area contributed by atoms with Gasteiger partial charge < -0.3 is 14.9 Å². The zero-order chi connectivity index (χ0) is 8.10. The van der Waals surface area contributed by atoms with Gasteiger partial charge in [-0.3, -0.25) is 0 Å². The standard InChI is InChI=1S/C7H10O3S/c8-4-6(9)5-10-7-2-1-3-11-7/h1-3,6,8-9H,4-5H2. The van der Waals surface area contributed by atoms with Gasteiger partial charge in [0.2, 0.25) is 0 Å². The van der Waals surface area contributed by atoms with Crippen LogP contribution in [0.2, 0.25) is 0 Å². The Morgan fingerprint density at radius 1 is 1.64 bits per heavy atom. The van der Waals surface area contributed by atoms with Gasteiger partial charge in [-0.1, -0.05) is 0 Å². The first-order valence-electron chi connectivity index (χ1n) is 3.28. The molecule has 0 bridgehead atoms. The normalized spacial score (nSPS) is 12.9. The van der Waals surface area contributed by atoms with E-state index in [2.05, 4.69) is 0 Å². The van der Waals surface area contributed by atoms with E-state index >= 15 is 0 Å². The molecule has 2 N–H and O–H groups in total. The van der Waals surface area contributed by atoms with Crippen LogP contribution in [-0.4, -0.2) is 29.5 Å². The minimum atomic E-state index is -0.780. The molecule has 1 heterocycles. The predicted octanol–water partition coefficient (Wildman–Crippen LogP) is 0.480. The van der Waals surface area contributed by atoms with Crippen molar-refractivity contribution in [2.75, 3.05) is 13.2 Å². The minimum Gasteiger partial charge on any atom is -0.481 e. The van der Waals surface area contributed by atoms with Crippen LogP contribution in [0.4, 0.5) is 0 Å². The van der Waals surface area contributed by atoms with E-state index < -0.39 is 6.10 Å². The molecule has 3 nitrogen and oxygen atoms in total. The second kappa shape index (κ2) is 4.33. The molecule has 0 saturated heterocycles. The lowest BCUT2D eigenvalue weighted by atomic mass is 10.4. The molecule has 1 aromatic rings. The molecule has 0 aliphatic heterocycles. The van der Waals surface area contributed by atoms with E-state index in [0.717, 1.165) is 5.06 Å². The summed E-state index contributed by atoms with van der Waals surface area (Å²) in [6, 6.07) is 3.68. The predicted molar refractivity (Wildman–Crippen MR) is 42.9 cm³/mol. The van der Waals surface area contributed by atoms with E-state index in [1.54, 1.807) is 0 Å². The topological polar surface area (TPSA) is 49.7 Å². The maximum Gasteiger partial charge on any atom is 0.173 e. The molecule has 0 aliphatic rings. The molecule has 4 heteroatoms. The molecule has 0 aliphatic carbocycles. The van der Waals surface area contributed by atoms with Crippen LogP contribution < -0.4 is 4.74 Å². The van der Waals surface area contributed by atoms with Crippen LogP contribution in [0.15, 0.2) is 17.5 Å². The lowest BCUT2D eigenvalue weighted by molar-refractivity contribution is 0.0548. The quantitative estimate of drug-likeness (QED) is 0.698. The van der Waals surface area contributed by atoms with Gasteiger partial charge in [-0.25, -0.2) is 0 Å². The Hall–Kier alpha value is -0.580. The Morgan fingerprint density at radius 2 is 2.45 bits per heavy atom. The van der Waals surface area contributed by atoms with Crippen molar-refractivity contribution in [1.82, 2.24) is 0 Å². The summed E-state index contributed by atoms with van der Waals surface area (Å²) in [5, 5.41) is 20.0. The zero-order valence-electron chi connectivity index (χ0n) is 5.93. The number of thiophene rings is 1. The van der Waals surface area contributed by atoms with Crippen LogP contribution in [0, 0.1) is 0 Å². The van der Waals surface area contributed by atoms with Gasteiger partial charge in [0.1, 0.15) is 12.7 Å². The van der Waals surface area contributed by atoms with Crippen LogP contribution in [0.25, 0.3) is 0 Å². The second-order valence-electron chi connectivity index (χ2n) is 2.08. The fourth-order valence-electron chi connectivity index (χ4n) is 0.577. The first-order valence-corrected chi connectivity index (χ1v) is 4.16. The molecule has 1 aromatic heterocycles. The summed E-state index contributed by atoms with van der Waals surface area (Å²) in [7, 11) is 0. The summed E-state index contributed by atoms with van der Waals surface area (Å²) in [5.74, 6) is 0. The molecule has 11 heavy (non-hydrogen) atoms. The molecular formula is C7H10O3S. The molecule has 62 valence electrons. The van der Waals surface area contributed by atoms with E-state index in [0.29, 0.717) is 0 Å². The maximum atomic E-state index is 8.89. The number of hydrogen-bond acceptors (Lipinski definition) is 4. The van der Waals surface area contributed by atoms with Crippen molar-refractivity contribution in [1.29, 1.82) is 0 Å². The average molecular weight is 174 g/mol. The monoisotopic (exact) mass is 174 g/mol. The first-order chi connectivity index (χ1) is 5.33. The number of aliphatic hydroxyl groups is 2. The van der Waals surface area contributed by atoms with Gasteiger partial charge in [0.15, 0.2) is 5.06 Å². The Balaban J connectivity index is 2.23. The molecule has 0 aromatic carbocycles. The van der Waals surface area contributed by atoms with Gasteiger partial charge in [0, 0.05) is 0 Å². The SMILES string of the molecule is OCC(O)COc1cccs1. The molecule has 0 spiro atoms. The highest BCUT2D eigenvalue weighted by Crippen LogP contribution is 2.17. The molecule has 0 radical (unpaired) electrons. The zero-order valence-corrected chi connectivity index (χ0v) is 6.75. The van der Waals surface area contributed by atoms with Crippen LogP contribution in [-0.2, 0) is 0 Å². The first kappa shape index (κ1) is 8.52. The van der Waals surface area contributed by atoms with E-state index in [1.165, 1.54) is 11.3 Å². The molecular weight excluding hydrogens is 164 g/mol. The summed E-state index contributed by atoms with van der Waals surface area (Å²) in [6.45, 7) is -0.109. The number of hydrogen-bond donors (Lipinski definition) is 2. The van der Waals surface area contributed by atoms with Crippen LogP contribution in [0.3, 0.4) is 0 Å². The van der Waals surface area contributed by atoms with E-state index in [9.17, 15) is 0 Å². The number of rotatable bonds is 4.